The molecule has 18 heavy (non-hydrogen) atoms. The predicted molar refractivity (Wildman–Crippen MR) is 72.8 cm³/mol. The highest BCUT2D eigenvalue weighted by atomic mass is 35.5. The minimum absolute atomic E-state index is 0.0861. The molecule has 0 spiro atoms. The number of hydrogen-bond acceptors (Lipinski definition) is 5. The summed E-state index contributed by atoms with van der Waals surface area (Å²) in [6.45, 7) is 1.23. The summed E-state index contributed by atoms with van der Waals surface area (Å²) in [5, 5.41) is 7.00. The van der Waals surface area contributed by atoms with Crippen molar-refractivity contribution in [3.63, 3.8) is 0 Å². The lowest BCUT2D eigenvalue weighted by Crippen LogP contribution is -2.26. The Morgan fingerprint density at radius 2 is 2.33 bits per heavy atom. The Bertz CT molecular complexity index is 478. The van der Waals surface area contributed by atoms with Crippen LogP contribution in [0.4, 0.5) is 5.69 Å². The standard InChI is InChI=1S/C10H16ClN3O3S/c1-17-5-4-14-10(15)9(11)8(7-13-14)12-3-6-18(2)16/h7,12H,3-6H2,1-2H3. The summed E-state index contributed by atoms with van der Waals surface area (Å²) in [6, 6.07) is 0. The highest BCUT2D eigenvalue weighted by molar-refractivity contribution is 7.84. The third-order valence-electron chi connectivity index (χ3n) is 2.20. The summed E-state index contributed by atoms with van der Waals surface area (Å²) in [6.07, 6.45) is 3.10. The van der Waals surface area contributed by atoms with Gasteiger partial charge in [-0.05, 0) is 0 Å². The van der Waals surface area contributed by atoms with E-state index < -0.39 is 10.8 Å². The first-order valence-electron chi connectivity index (χ1n) is 5.34. The number of ether oxygens (including phenoxy) is 1. The highest BCUT2D eigenvalue weighted by Gasteiger charge is 2.08. The van der Waals surface area contributed by atoms with Crippen LogP contribution < -0.4 is 10.9 Å². The molecule has 1 aromatic rings. The second kappa shape index (κ2) is 7.50. The number of halogens is 1. The van der Waals surface area contributed by atoms with Crippen molar-refractivity contribution in [3.8, 4) is 0 Å². The number of aromatic nitrogens is 2. The van der Waals surface area contributed by atoms with Crippen molar-refractivity contribution in [3.05, 3.63) is 21.6 Å². The Hall–Kier alpha value is -0.920. The van der Waals surface area contributed by atoms with Gasteiger partial charge in [0.15, 0.2) is 0 Å². The fourth-order valence-corrected chi connectivity index (χ4v) is 1.86. The second-order valence-electron chi connectivity index (χ2n) is 3.60. The Labute approximate surface area is 113 Å². The van der Waals surface area contributed by atoms with Gasteiger partial charge in [-0.25, -0.2) is 4.68 Å². The molecule has 0 amide bonds. The van der Waals surface area contributed by atoms with Gasteiger partial charge in [-0.3, -0.25) is 9.00 Å². The van der Waals surface area contributed by atoms with Crippen LogP contribution in [0.5, 0.6) is 0 Å². The Kier molecular flexibility index (Phi) is 6.31. The minimum atomic E-state index is -0.886. The molecule has 0 aromatic carbocycles. The van der Waals surface area contributed by atoms with E-state index in [2.05, 4.69) is 10.4 Å². The summed E-state index contributed by atoms with van der Waals surface area (Å²) in [7, 11) is 0.663. The van der Waals surface area contributed by atoms with E-state index in [4.69, 9.17) is 16.3 Å². The molecular weight excluding hydrogens is 278 g/mol. The van der Waals surface area contributed by atoms with Gasteiger partial charge in [-0.15, -0.1) is 0 Å². The van der Waals surface area contributed by atoms with Gasteiger partial charge in [-0.1, -0.05) is 11.6 Å². The molecule has 8 heteroatoms. The van der Waals surface area contributed by atoms with Crippen LogP contribution in [-0.2, 0) is 22.1 Å². The van der Waals surface area contributed by atoms with Gasteiger partial charge in [-0.2, -0.15) is 5.10 Å². The molecular formula is C10H16ClN3O3S. The lowest BCUT2D eigenvalue weighted by molar-refractivity contribution is 0.182. The summed E-state index contributed by atoms with van der Waals surface area (Å²) in [5.41, 5.74) is 0.0946. The topological polar surface area (TPSA) is 73.2 Å². The fraction of sp³-hybridized carbons (Fsp3) is 0.600. The molecule has 102 valence electrons. The number of nitrogens with one attached hydrogen (secondary N) is 1. The second-order valence-corrected chi connectivity index (χ2v) is 5.53. The zero-order valence-electron chi connectivity index (χ0n) is 10.3. The number of anilines is 1. The van der Waals surface area contributed by atoms with E-state index in [1.807, 2.05) is 0 Å². The average molecular weight is 294 g/mol. The van der Waals surface area contributed by atoms with Crippen LogP contribution >= 0.6 is 11.6 Å². The molecule has 1 unspecified atom stereocenters. The molecule has 0 saturated carbocycles. The summed E-state index contributed by atoms with van der Waals surface area (Å²) in [4.78, 5) is 11.8. The average Bonchev–Trinajstić information content (AvgIpc) is 2.33. The van der Waals surface area contributed by atoms with Gasteiger partial charge < -0.3 is 10.1 Å². The maximum Gasteiger partial charge on any atom is 0.287 e. The van der Waals surface area contributed by atoms with Crippen LogP contribution in [0, 0.1) is 0 Å². The number of nitrogens with zero attached hydrogens (tertiary/aromatic N) is 2. The van der Waals surface area contributed by atoms with Crippen molar-refractivity contribution in [2.45, 2.75) is 6.54 Å². The van der Waals surface area contributed by atoms with Crippen molar-refractivity contribution in [2.24, 2.45) is 0 Å². The Morgan fingerprint density at radius 1 is 1.61 bits per heavy atom. The quantitative estimate of drug-likeness (QED) is 0.784. The number of hydrogen-bond donors (Lipinski definition) is 1. The monoisotopic (exact) mass is 293 g/mol. The lowest BCUT2D eigenvalue weighted by Gasteiger charge is -2.09. The highest BCUT2D eigenvalue weighted by Crippen LogP contribution is 2.14. The first-order chi connectivity index (χ1) is 8.56. The molecule has 1 aromatic heterocycles. The maximum atomic E-state index is 11.8. The molecule has 1 rings (SSSR count). The molecule has 0 bridgehead atoms. The van der Waals surface area contributed by atoms with E-state index >= 15 is 0 Å². The molecule has 0 radical (unpaired) electrons. The smallest absolute Gasteiger partial charge is 0.287 e. The molecule has 1 heterocycles. The van der Waals surface area contributed by atoms with Crippen LogP contribution in [-0.4, -0.2) is 46.3 Å². The van der Waals surface area contributed by atoms with E-state index in [0.29, 0.717) is 31.1 Å². The third-order valence-corrected chi connectivity index (χ3v) is 3.34. The Morgan fingerprint density at radius 3 is 2.94 bits per heavy atom. The van der Waals surface area contributed by atoms with Gasteiger partial charge in [0.1, 0.15) is 5.02 Å². The van der Waals surface area contributed by atoms with Crippen LogP contribution in [0.2, 0.25) is 5.02 Å². The predicted octanol–water partition coefficient (Wildman–Crippen LogP) is 0.333. The van der Waals surface area contributed by atoms with Crippen LogP contribution in [0.3, 0.4) is 0 Å². The van der Waals surface area contributed by atoms with E-state index in [1.165, 1.54) is 10.9 Å². The number of methoxy groups -OCH3 is 1. The molecule has 0 aliphatic rings. The molecule has 0 saturated heterocycles. The molecule has 0 aliphatic heterocycles. The zero-order valence-corrected chi connectivity index (χ0v) is 11.9. The van der Waals surface area contributed by atoms with E-state index in [-0.39, 0.29) is 10.6 Å². The summed E-state index contributed by atoms with van der Waals surface area (Å²) in [5.74, 6) is 0.489. The van der Waals surface area contributed by atoms with Crippen molar-refractivity contribution in [1.82, 2.24) is 9.78 Å². The molecule has 0 aliphatic carbocycles. The molecule has 0 fully saturated rings. The zero-order chi connectivity index (χ0) is 13.5. The number of rotatable bonds is 7. The Balaban J connectivity index is 2.74. The van der Waals surface area contributed by atoms with Crippen LogP contribution in [0.1, 0.15) is 0 Å². The minimum Gasteiger partial charge on any atom is -0.383 e. The SMILES string of the molecule is COCCn1ncc(NCCS(C)=O)c(Cl)c1=O. The lowest BCUT2D eigenvalue weighted by atomic mass is 10.4. The first-order valence-corrected chi connectivity index (χ1v) is 7.45. The van der Waals surface area contributed by atoms with Crippen molar-refractivity contribution >= 4 is 28.1 Å². The van der Waals surface area contributed by atoms with Crippen molar-refractivity contribution in [1.29, 1.82) is 0 Å². The van der Waals surface area contributed by atoms with Gasteiger partial charge in [0.2, 0.25) is 0 Å². The normalized spacial score (nSPS) is 12.4. The van der Waals surface area contributed by atoms with Crippen LogP contribution in [0.25, 0.3) is 0 Å². The van der Waals surface area contributed by atoms with Crippen LogP contribution in [0.15, 0.2) is 11.0 Å². The first kappa shape index (κ1) is 15.1. The summed E-state index contributed by atoms with van der Waals surface area (Å²) < 4.78 is 17.0. The van der Waals surface area contributed by atoms with Gasteiger partial charge in [0, 0.05) is 36.5 Å². The van der Waals surface area contributed by atoms with Gasteiger partial charge in [0.05, 0.1) is 25.0 Å². The molecule has 1 N–H and O–H groups in total. The van der Waals surface area contributed by atoms with E-state index in [1.54, 1.807) is 13.4 Å². The van der Waals surface area contributed by atoms with Crippen molar-refractivity contribution in [2.75, 3.05) is 37.6 Å². The van der Waals surface area contributed by atoms with Gasteiger partial charge in [0.25, 0.3) is 5.56 Å². The molecule has 6 nitrogen and oxygen atoms in total. The summed E-state index contributed by atoms with van der Waals surface area (Å²) >= 11 is 5.94. The van der Waals surface area contributed by atoms with Crippen molar-refractivity contribution < 1.29 is 8.95 Å². The largest absolute Gasteiger partial charge is 0.383 e. The maximum absolute atomic E-state index is 11.8. The van der Waals surface area contributed by atoms with E-state index in [0.717, 1.165) is 0 Å². The molecule has 1 atom stereocenters. The van der Waals surface area contributed by atoms with Gasteiger partial charge >= 0.3 is 0 Å². The fourth-order valence-electron chi connectivity index (χ4n) is 1.25. The van der Waals surface area contributed by atoms with E-state index in [9.17, 15) is 9.00 Å². The third kappa shape index (κ3) is 4.40.